The van der Waals surface area contributed by atoms with Gasteiger partial charge < -0.3 is 14.6 Å². The third kappa shape index (κ3) is 4.89. The van der Waals surface area contributed by atoms with Crippen LogP contribution in [0.15, 0.2) is 27.8 Å². The van der Waals surface area contributed by atoms with Crippen LogP contribution in [-0.2, 0) is 16.3 Å². The quantitative estimate of drug-likeness (QED) is 0.569. The van der Waals surface area contributed by atoms with Crippen LogP contribution in [0.4, 0.5) is 0 Å². The summed E-state index contributed by atoms with van der Waals surface area (Å²) in [6.07, 6.45) is 4.86. The molecule has 0 radical (unpaired) electrons. The first kappa shape index (κ1) is 21.2. The lowest BCUT2D eigenvalue weighted by Gasteiger charge is -2.39. The highest BCUT2D eigenvalue weighted by Gasteiger charge is 2.41. The van der Waals surface area contributed by atoms with Crippen molar-refractivity contribution in [2.45, 2.75) is 50.8 Å². The van der Waals surface area contributed by atoms with Crippen molar-refractivity contribution in [2.24, 2.45) is 4.99 Å². The fourth-order valence-corrected chi connectivity index (χ4v) is 5.42. The van der Waals surface area contributed by atoms with E-state index in [-0.39, 0.29) is 5.75 Å². The van der Waals surface area contributed by atoms with Crippen LogP contribution >= 0.6 is 0 Å². The molecule has 3 heterocycles. The lowest BCUT2D eigenvalue weighted by molar-refractivity contribution is 0.271. The van der Waals surface area contributed by atoms with Crippen LogP contribution in [0.3, 0.4) is 0 Å². The molecule has 2 saturated heterocycles. The molecule has 2 aliphatic heterocycles. The van der Waals surface area contributed by atoms with E-state index in [4.69, 9.17) is 9.41 Å². The predicted octanol–water partition coefficient (Wildman–Crippen LogP) is 1.76. The zero-order valence-corrected chi connectivity index (χ0v) is 18.2. The molecule has 0 aliphatic carbocycles. The minimum Gasteiger partial charge on any atom is -0.469 e. The van der Waals surface area contributed by atoms with Crippen molar-refractivity contribution in [3.63, 3.8) is 0 Å². The van der Waals surface area contributed by atoms with Gasteiger partial charge in [-0.15, -0.1) is 0 Å². The topological polar surface area (TPSA) is 78.2 Å². The Hall–Kier alpha value is -1.54. The summed E-state index contributed by atoms with van der Waals surface area (Å²) in [5.74, 6) is 1.92. The summed E-state index contributed by atoms with van der Waals surface area (Å²) in [7, 11) is -3.07. The molecule has 1 unspecified atom stereocenters. The Morgan fingerprint density at radius 1 is 1.39 bits per heavy atom. The van der Waals surface area contributed by atoms with E-state index < -0.39 is 14.6 Å². The largest absolute Gasteiger partial charge is 0.469 e. The Kier molecular flexibility index (Phi) is 6.70. The van der Waals surface area contributed by atoms with Gasteiger partial charge in [0.15, 0.2) is 15.8 Å². The molecule has 0 amide bonds. The summed E-state index contributed by atoms with van der Waals surface area (Å²) in [5.41, 5.74) is 0. The normalized spacial score (nSPS) is 25.2. The average molecular weight is 411 g/mol. The summed E-state index contributed by atoms with van der Waals surface area (Å²) in [5, 5.41) is 3.45. The molecule has 1 N–H and O–H groups in total. The van der Waals surface area contributed by atoms with E-state index in [1.807, 2.05) is 26.0 Å². The number of furan rings is 1. The van der Waals surface area contributed by atoms with Crippen LogP contribution in [0.5, 0.6) is 0 Å². The van der Waals surface area contributed by atoms with Gasteiger partial charge in [0.2, 0.25) is 0 Å². The molecule has 1 aromatic heterocycles. The van der Waals surface area contributed by atoms with Gasteiger partial charge in [-0.3, -0.25) is 9.89 Å². The molecule has 28 heavy (non-hydrogen) atoms. The number of nitrogens with zero attached hydrogens (tertiary/aromatic N) is 3. The highest BCUT2D eigenvalue weighted by Crippen LogP contribution is 2.24. The first-order valence-corrected chi connectivity index (χ1v) is 12.0. The van der Waals surface area contributed by atoms with Crippen molar-refractivity contribution in [2.75, 3.05) is 45.0 Å². The van der Waals surface area contributed by atoms with E-state index in [0.29, 0.717) is 25.7 Å². The molecule has 8 heteroatoms. The van der Waals surface area contributed by atoms with Crippen LogP contribution in [0.2, 0.25) is 0 Å². The van der Waals surface area contributed by atoms with Crippen molar-refractivity contribution in [1.29, 1.82) is 0 Å². The Balaban J connectivity index is 1.69. The molecule has 0 bridgehead atoms. The summed E-state index contributed by atoms with van der Waals surface area (Å²) >= 11 is 0. The van der Waals surface area contributed by atoms with Crippen LogP contribution in [0.1, 0.15) is 39.4 Å². The van der Waals surface area contributed by atoms with E-state index in [2.05, 4.69) is 22.0 Å². The monoisotopic (exact) mass is 410 g/mol. The average Bonchev–Trinajstić information content (AvgIpc) is 3.31. The molecule has 0 spiro atoms. The third-order valence-electron chi connectivity index (χ3n) is 5.93. The molecule has 0 saturated carbocycles. The van der Waals surface area contributed by atoms with Crippen LogP contribution in [0.25, 0.3) is 0 Å². The molecular weight excluding hydrogens is 376 g/mol. The first-order chi connectivity index (χ1) is 13.3. The Morgan fingerprint density at radius 2 is 2.21 bits per heavy atom. The number of hydrogen-bond donors (Lipinski definition) is 1. The predicted molar refractivity (Wildman–Crippen MR) is 112 cm³/mol. The molecule has 2 fully saturated rings. The van der Waals surface area contributed by atoms with Gasteiger partial charge in [-0.1, -0.05) is 6.92 Å². The number of aliphatic imine (C=N–C) groups is 1. The maximum atomic E-state index is 12.4. The second-order valence-electron chi connectivity index (χ2n) is 8.35. The van der Waals surface area contributed by atoms with E-state index in [0.717, 1.165) is 37.8 Å². The van der Waals surface area contributed by atoms with E-state index in [1.54, 1.807) is 6.26 Å². The minimum absolute atomic E-state index is 0.170. The highest BCUT2D eigenvalue weighted by molar-refractivity contribution is 7.92. The molecule has 158 valence electrons. The van der Waals surface area contributed by atoms with Gasteiger partial charge in [0, 0.05) is 32.1 Å². The van der Waals surface area contributed by atoms with E-state index >= 15 is 0 Å². The number of hydrogen-bond acceptors (Lipinski definition) is 5. The third-order valence-corrected chi connectivity index (χ3v) is 8.47. The van der Waals surface area contributed by atoms with Crippen LogP contribution < -0.4 is 5.32 Å². The fourth-order valence-electron chi connectivity index (χ4n) is 4.05. The van der Waals surface area contributed by atoms with Crippen molar-refractivity contribution in [3.8, 4) is 0 Å². The zero-order valence-electron chi connectivity index (χ0n) is 17.4. The van der Waals surface area contributed by atoms with E-state index in [1.165, 1.54) is 12.8 Å². The van der Waals surface area contributed by atoms with Gasteiger partial charge in [0.25, 0.3) is 0 Å². The standard InChI is InChI=1S/C20H34N4O3S/c1-4-23-11-5-7-17(23)15-22-19(21-10-9-18-8-6-13-27-18)24-12-14-28(25,26)20(2,3)16-24/h6,8,13,17H,4-5,7,9-12,14-16H2,1-3H3,(H,21,22). The number of guanidine groups is 1. The number of likely N-dealkylation sites (N-methyl/N-ethyl adjacent to an activating group) is 1. The lowest BCUT2D eigenvalue weighted by Crippen LogP contribution is -2.57. The maximum absolute atomic E-state index is 12.4. The molecule has 7 nitrogen and oxygen atoms in total. The van der Waals surface area contributed by atoms with Gasteiger partial charge in [-0.2, -0.15) is 0 Å². The van der Waals surface area contributed by atoms with E-state index in [9.17, 15) is 8.42 Å². The summed E-state index contributed by atoms with van der Waals surface area (Å²) in [6.45, 7) is 10.4. The number of nitrogens with one attached hydrogen (secondary N) is 1. The van der Waals surface area contributed by atoms with Crippen molar-refractivity contribution >= 4 is 15.8 Å². The number of sulfone groups is 1. The fraction of sp³-hybridized carbons (Fsp3) is 0.750. The van der Waals surface area contributed by atoms with Crippen molar-refractivity contribution < 1.29 is 12.8 Å². The number of rotatable bonds is 6. The van der Waals surface area contributed by atoms with Crippen LogP contribution in [-0.4, -0.2) is 80.0 Å². The SMILES string of the molecule is CCN1CCCC1CN=C(NCCc1ccco1)N1CCS(=O)(=O)C(C)(C)C1. The highest BCUT2D eigenvalue weighted by atomic mass is 32.2. The van der Waals surface area contributed by atoms with Gasteiger partial charge in [0.05, 0.1) is 23.3 Å². The van der Waals surface area contributed by atoms with Crippen molar-refractivity contribution in [3.05, 3.63) is 24.2 Å². The molecular formula is C20H34N4O3S. The molecule has 2 aliphatic rings. The molecule has 0 aromatic carbocycles. The Labute approximate surface area is 169 Å². The molecule has 1 atom stereocenters. The minimum atomic E-state index is -3.07. The smallest absolute Gasteiger partial charge is 0.194 e. The summed E-state index contributed by atoms with van der Waals surface area (Å²) < 4.78 is 29.4. The second kappa shape index (κ2) is 8.86. The van der Waals surface area contributed by atoms with Crippen molar-refractivity contribution in [1.82, 2.24) is 15.1 Å². The summed E-state index contributed by atoms with van der Waals surface area (Å²) in [6, 6.07) is 4.34. The number of likely N-dealkylation sites (tertiary alicyclic amines) is 1. The molecule has 1 aromatic rings. The Bertz CT molecular complexity index is 758. The lowest BCUT2D eigenvalue weighted by atomic mass is 10.2. The maximum Gasteiger partial charge on any atom is 0.194 e. The second-order valence-corrected chi connectivity index (χ2v) is 11.1. The van der Waals surface area contributed by atoms with Gasteiger partial charge in [-0.05, 0) is 51.9 Å². The van der Waals surface area contributed by atoms with Gasteiger partial charge in [0.1, 0.15) is 5.76 Å². The van der Waals surface area contributed by atoms with Gasteiger partial charge >= 0.3 is 0 Å². The first-order valence-electron chi connectivity index (χ1n) is 10.3. The van der Waals surface area contributed by atoms with Gasteiger partial charge in [-0.25, -0.2) is 8.42 Å². The molecule has 3 rings (SSSR count). The summed E-state index contributed by atoms with van der Waals surface area (Å²) in [4.78, 5) is 9.51. The zero-order chi connectivity index (χ0) is 20.2. The van der Waals surface area contributed by atoms with Crippen LogP contribution in [0, 0.1) is 0 Å². The Morgan fingerprint density at radius 3 is 2.89 bits per heavy atom.